The molecule has 0 atom stereocenters. The maximum atomic E-state index is 14.4. The number of oxazole rings is 1. The molecule has 0 unspecified atom stereocenters. The number of nitrogens with two attached hydrogens (primary N) is 1. The minimum atomic E-state index is -0.833. The Bertz CT molecular complexity index is 1110. The molecule has 0 saturated heterocycles. The van der Waals surface area contributed by atoms with Crippen molar-refractivity contribution in [3.63, 3.8) is 0 Å². The number of aromatic nitrogens is 1. The maximum Gasteiger partial charge on any atom is 0.300 e. The van der Waals surface area contributed by atoms with Crippen molar-refractivity contribution in [3.8, 4) is 0 Å². The zero-order valence-corrected chi connectivity index (χ0v) is 19.3. The molecule has 0 aliphatic carbocycles. The van der Waals surface area contributed by atoms with E-state index in [-0.39, 0.29) is 11.5 Å². The van der Waals surface area contributed by atoms with Gasteiger partial charge in [-0.1, -0.05) is 36.4 Å². The van der Waals surface area contributed by atoms with Crippen molar-refractivity contribution < 1.29 is 23.5 Å². The fourth-order valence-corrected chi connectivity index (χ4v) is 3.80. The molecule has 3 N–H and O–H groups in total. The van der Waals surface area contributed by atoms with Crippen LogP contribution in [0.25, 0.3) is 0 Å². The minimum absolute atomic E-state index is 0.112. The number of hydrogen-bond donors (Lipinski definition) is 2. The summed E-state index contributed by atoms with van der Waals surface area (Å²) in [6.07, 6.45) is 3.69. The molecule has 1 amide bonds. The Hall–Kier alpha value is -3.52. The lowest BCUT2D eigenvalue weighted by Crippen LogP contribution is -2.36. The summed E-state index contributed by atoms with van der Waals surface area (Å²) in [6, 6.07) is 14.9. The van der Waals surface area contributed by atoms with Crippen LogP contribution in [-0.4, -0.2) is 40.0 Å². The summed E-state index contributed by atoms with van der Waals surface area (Å²) >= 11 is 0. The summed E-state index contributed by atoms with van der Waals surface area (Å²) in [5.41, 5.74) is 8.60. The van der Waals surface area contributed by atoms with E-state index in [0.717, 1.165) is 43.2 Å². The number of aryl methyl sites for hydroxylation is 3. The molecule has 34 heavy (non-hydrogen) atoms. The molecule has 8 heteroatoms. The monoisotopic (exact) mass is 467 g/mol. The molecule has 0 bridgehead atoms. The van der Waals surface area contributed by atoms with Crippen LogP contribution in [0.2, 0.25) is 0 Å². The highest BCUT2D eigenvalue weighted by atomic mass is 19.1. The summed E-state index contributed by atoms with van der Waals surface area (Å²) in [7, 11) is 0. The van der Waals surface area contributed by atoms with Gasteiger partial charge >= 0.3 is 0 Å². The van der Waals surface area contributed by atoms with Gasteiger partial charge in [0, 0.05) is 26.3 Å². The predicted molar refractivity (Wildman–Crippen MR) is 126 cm³/mol. The molecule has 1 aromatic heterocycles. The fraction of sp³-hybridized carbons (Fsp3) is 0.346. The van der Waals surface area contributed by atoms with Crippen molar-refractivity contribution in [3.05, 3.63) is 88.4 Å². The third-order valence-corrected chi connectivity index (χ3v) is 5.46. The smallest absolute Gasteiger partial charge is 0.300 e. The van der Waals surface area contributed by atoms with Crippen LogP contribution >= 0.6 is 0 Å². The summed E-state index contributed by atoms with van der Waals surface area (Å²) < 4.78 is 20.3. The van der Waals surface area contributed by atoms with E-state index in [2.05, 4.69) is 17.1 Å². The predicted octanol–water partition coefficient (Wildman–Crippen LogP) is 3.78. The van der Waals surface area contributed by atoms with Gasteiger partial charge in [-0.15, -0.1) is 0 Å². The number of carboxylic acids is 1. The SMILES string of the molecule is CC(=O)O.NCCCc1ccc(F)c(C(=O)N2CCc3oc(CCc4ccccc4)nc3C2)c1. The molecule has 2 heterocycles. The number of carboxylic acid groups (broad SMARTS) is 1. The number of rotatable bonds is 7. The zero-order valence-electron chi connectivity index (χ0n) is 19.3. The van der Waals surface area contributed by atoms with Gasteiger partial charge in [0.05, 0.1) is 12.1 Å². The van der Waals surface area contributed by atoms with Gasteiger partial charge in [-0.3, -0.25) is 9.59 Å². The number of fused-ring (bicyclic) bond motifs is 1. The molecular formula is C26H30FN3O4. The number of carbonyl (C=O) groups is 2. The second kappa shape index (κ2) is 12.1. The van der Waals surface area contributed by atoms with Crippen molar-refractivity contribution in [1.82, 2.24) is 9.88 Å². The fourth-order valence-electron chi connectivity index (χ4n) is 3.80. The van der Waals surface area contributed by atoms with Gasteiger partial charge in [0.2, 0.25) is 0 Å². The topological polar surface area (TPSA) is 110 Å². The highest BCUT2D eigenvalue weighted by molar-refractivity contribution is 5.94. The third-order valence-electron chi connectivity index (χ3n) is 5.46. The van der Waals surface area contributed by atoms with Crippen molar-refractivity contribution in [1.29, 1.82) is 0 Å². The summed E-state index contributed by atoms with van der Waals surface area (Å²) in [4.78, 5) is 28.2. The molecule has 1 aliphatic heterocycles. The van der Waals surface area contributed by atoms with Gasteiger partial charge in [0.1, 0.15) is 17.3 Å². The normalized spacial score (nSPS) is 12.5. The van der Waals surface area contributed by atoms with E-state index >= 15 is 0 Å². The van der Waals surface area contributed by atoms with Crippen LogP contribution in [0.4, 0.5) is 4.39 Å². The molecule has 2 aromatic carbocycles. The molecule has 180 valence electrons. The van der Waals surface area contributed by atoms with Gasteiger partial charge in [0.15, 0.2) is 5.89 Å². The number of nitrogens with zero attached hydrogens (tertiary/aromatic N) is 2. The molecule has 4 rings (SSSR count). The van der Waals surface area contributed by atoms with E-state index in [1.807, 2.05) is 18.2 Å². The largest absolute Gasteiger partial charge is 0.481 e. The van der Waals surface area contributed by atoms with E-state index in [0.29, 0.717) is 38.4 Å². The van der Waals surface area contributed by atoms with Crippen molar-refractivity contribution in [2.45, 2.75) is 45.6 Å². The standard InChI is InChI=1S/C24H26FN3O2.C2H4O2/c25-20-10-8-18(7-4-13-26)15-19(20)24(29)28-14-12-22-21(16-28)27-23(30-22)11-9-17-5-2-1-3-6-17;1-2(3)4/h1-3,5-6,8,10,15H,4,7,9,11-14,16,26H2;1H3,(H,3,4). The van der Waals surface area contributed by atoms with E-state index in [1.165, 1.54) is 11.6 Å². The molecular weight excluding hydrogens is 437 g/mol. The van der Waals surface area contributed by atoms with Crippen LogP contribution < -0.4 is 5.73 Å². The summed E-state index contributed by atoms with van der Waals surface area (Å²) in [5, 5.41) is 7.42. The molecule has 0 saturated carbocycles. The third kappa shape index (κ3) is 6.99. The van der Waals surface area contributed by atoms with Crippen LogP contribution in [0, 0.1) is 5.82 Å². The first kappa shape index (κ1) is 25.1. The van der Waals surface area contributed by atoms with E-state index in [9.17, 15) is 9.18 Å². The quantitative estimate of drug-likeness (QED) is 0.547. The molecule has 1 aliphatic rings. The molecule has 0 radical (unpaired) electrons. The van der Waals surface area contributed by atoms with Gasteiger partial charge in [-0.2, -0.15) is 0 Å². The Kier molecular flexibility index (Phi) is 8.93. The second-order valence-corrected chi connectivity index (χ2v) is 8.17. The molecule has 7 nitrogen and oxygen atoms in total. The van der Waals surface area contributed by atoms with Gasteiger partial charge in [-0.05, 0) is 49.1 Å². The Balaban J connectivity index is 0.000000751. The Morgan fingerprint density at radius 2 is 1.85 bits per heavy atom. The Morgan fingerprint density at radius 1 is 1.12 bits per heavy atom. The lowest BCUT2D eigenvalue weighted by Gasteiger charge is -2.25. The molecule has 0 spiro atoms. The van der Waals surface area contributed by atoms with Crippen molar-refractivity contribution in [2.75, 3.05) is 13.1 Å². The van der Waals surface area contributed by atoms with Gasteiger partial charge in [0.25, 0.3) is 11.9 Å². The molecule has 3 aromatic rings. The number of aliphatic carboxylic acids is 1. The number of benzene rings is 2. The van der Waals surface area contributed by atoms with Gasteiger partial charge < -0.3 is 20.2 Å². The minimum Gasteiger partial charge on any atom is -0.481 e. The van der Waals surface area contributed by atoms with Crippen molar-refractivity contribution in [2.24, 2.45) is 5.73 Å². The number of carbonyl (C=O) groups excluding carboxylic acids is 1. The summed E-state index contributed by atoms with van der Waals surface area (Å²) in [5.74, 6) is -0.111. The Labute approximate surface area is 198 Å². The summed E-state index contributed by atoms with van der Waals surface area (Å²) in [6.45, 7) is 2.48. The van der Waals surface area contributed by atoms with Crippen LogP contribution in [0.3, 0.4) is 0 Å². The first-order chi connectivity index (χ1) is 16.4. The number of halogens is 1. The van der Waals surface area contributed by atoms with Crippen LogP contribution in [0.1, 0.15) is 52.2 Å². The van der Waals surface area contributed by atoms with Crippen molar-refractivity contribution >= 4 is 11.9 Å². The van der Waals surface area contributed by atoms with Crippen LogP contribution in [-0.2, 0) is 37.0 Å². The highest BCUT2D eigenvalue weighted by Crippen LogP contribution is 2.23. The maximum absolute atomic E-state index is 14.4. The number of hydrogen-bond acceptors (Lipinski definition) is 5. The average Bonchev–Trinajstić information content (AvgIpc) is 3.24. The first-order valence-electron chi connectivity index (χ1n) is 11.4. The lowest BCUT2D eigenvalue weighted by molar-refractivity contribution is -0.134. The Morgan fingerprint density at radius 3 is 2.56 bits per heavy atom. The lowest BCUT2D eigenvalue weighted by atomic mass is 10.0. The first-order valence-corrected chi connectivity index (χ1v) is 11.4. The second-order valence-electron chi connectivity index (χ2n) is 8.17. The molecule has 0 fully saturated rings. The average molecular weight is 468 g/mol. The van der Waals surface area contributed by atoms with E-state index in [1.54, 1.807) is 17.0 Å². The van der Waals surface area contributed by atoms with Crippen LogP contribution in [0.5, 0.6) is 0 Å². The van der Waals surface area contributed by atoms with E-state index < -0.39 is 11.8 Å². The number of amides is 1. The van der Waals surface area contributed by atoms with E-state index in [4.69, 9.17) is 20.1 Å². The van der Waals surface area contributed by atoms with Crippen LogP contribution in [0.15, 0.2) is 52.9 Å². The van der Waals surface area contributed by atoms with Gasteiger partial charge in [-0.25, -0.2) is 9.37 Å². The zero-order chi connectivity index (χ0) is 24.5. The highest BCUT2D eigenvalue weighted by Gasteiger charge is 2.27.